The summed E-state index contributed by atoms with van der Waals surface area (Å²) in [6.07, 6.45) is 6.63. The van der Waals surface area contributed by atoms with Crippen LogP contribution in [0.5, 0.6) is 0 Å². The predicted molar refractivity (Wildman–Crippen MR) is 212 cm³/mol. The summed E-state index contributed by atoms with van der Waals surface area (Å²) in [4.78, 5) is 49.0. The SMILES string of the molecule is N#Cc1c[nH]c2c(N3CCCC(c4ccc(N5CCC(CN6CCN(c7ccc(C(=O)NC8CCC(=O)NC8=O)c(F)c7)CC6)CC5)cc4)C3)ccc(Cl)c12. The second kappa shape index (κ2) is 15.9. The number of halogens is 2. The van der Waals surface area contributed by atoms with Crippen LogP contribution in [0, 0.1) is 23.1 Å². The number of nitrogens with zero attached hydrogens (tertiary/aromatic N) is 5. The van der Waals surface area contributed by atoms with Crippen molar-refractivity contribution in [3.8, 4) is 6.07 Å². The summed E-state index contributed by atoms with van der Waals surface area (Å²) in [5.74, 6) is -1.15. The molecule has 11 nitrogen and oxygen atoms in total. The molecule has 2 unspecified atom stereocenters. The van der Waals surface area contributed by atoms with Crippen LogP contribution in [-0.4, -0.2) is 92.6 Å². The highest BCUT2D eigenvalue weighted by molar-refractivity contribution is 6.36. The van der Waals surface area contributed by atoms with Gasteiger partial charge in [0.15, 0.2) is 0 Å². The van der Waals surface area contributed by atoms with Crippen molar-refractivity contribution in [2.75, 3.05) is 73.6 Å². The van der Waals surface area contributed by atoms with Crippen LogP contribution in [0.25, 0.3) is 10.9 Å². The van der Waals surface area contributed by atoms with Gasteiger partial charge in [0.05, 0.1) is 27.4 Å². The molecule has 0 radical (unpaired) electrons. The number of amides is 3. The summed E-state index contributed by atoms with van der Waals surface area (Å²) < 4.78 is 15.1. The number of nitrogens with one attached hydrogen (secondary N) is 3. The highest BCUT2D eigenvalue weighted by Gasteiger charge is 2.30. The summed E-state index contributed by atoms with van der Waals surface area (Å²) in [6, 6.07) is 19.2. The standard InChI is InChI=1S/C42H46ClFN8O3/c43-34-9-11-37(40-39(34)30(23-45)24-46-40)52-15-1-2-29(26-52)28-3-5-31(6-4-28)50-16-13-27(14-17-50)25-49-18-20-51(21-19-49)32-7-8-33(35(44)22-32)41(54)47-36-10-12-38(53)48-42(36)55/h3-9,11,22,24,27,29,36,46H,1-2,10,12-21,25-26H2,(H,47,54)(H,48,53,55). The Balaban J connectivity index is 0.791. The summed E-state index contributed by atoms with van der Waals surface area (Å²) >= 11 is 6.48. The van der Waals surface area contributed by atoms with E-state index in [1.807, 2.05) is 6.07 Å². The lowest BCUT2D eigenvalue weighted by Crippen LogP contribution is -2.52. The largest absolute Gasteiger partial charge is 0.372 e. The van der Waals surface area contributed by atoms with Gasteiger partial charge >= 0.3 is 0 Å². The molecule has 2 atom stereocenters. The molecule has 13 heteroatoms. The number of carbonyl (C=O) groups is 3. The van der Waals surface area contributed by atoms with Crippen LogP contribution in [0.2, 0.25) is 5.02 Å². The summed E-state index contributed by atoms with van der Waals surface area (Å²) in [5, 5.41) is 15.7. The monoisotopic (exact) mass is 764 g/mol. The maximum Gasteiger partial charge on any atom is 0.254 e. The number of piperidine rings is 3. The molecule has 1 aromatic heterocycles. The number of rotatable bonds is 8. The van der Waals surface area contributed by atoms with Crippen molar-refractivity contribution in [1.82, 2.24) is 20.5 Å². The molecule has 4 fully saturated rings. The molecule has 4 aliphatic heterocycles. The van der Waals surface area contributed by atoms with Gasteiger partial charge in [-0.1, -0.05) is 23.7 Å². The Morgan fingerprint density at radius 3 is 2.36 bits per heavy atom. The number of fused-ring (bicyclic) bond motifs is 1. The second-order valence-corrected chi connectivity index (χ2v) is 15.8. The van der Waals surface area contributed by atoms with Crippen molar-refractivity contribution in [3.63, 3.8) is 0 Å². The normalized spacial score (nSPS) is 21.4. The Morgan fingerprint density at radius 1 is 0.891 bits per heavy atom. The van der Waals surface area contributed by atoms with E-state index in [0.717, 1.165) is 107 Å². The third-order valence-electron chi connectivity index (χ3n) is 12.0. The molecule has 3 aromatic carbocycles. The number of imide groups is 1. The van der Waals surface area contributed by atoms with Crippen molar-refractivity contribution in [2.45, 2.75) is 50.5 Å². The number of benzene rings is 3. The summed E-state index contributed by atoms with van der Waals surface area (Å²) in [6.45, 7) is 8.40. The molecular formula is C42H46ClFN8O3. The number of carbonyl (C=O) groups excluding carboxylic acids is 3. The van der Waals surface area contributed by atoms with Gasteiger partial charge in [0.25, 0.3) is 5.91 Å². The van der Waals surface area contributed by atoms with Crippen LogP contribution in [0.1, 0.15) is 65.9 Å². The molecule has 55 heavy (non-hydrogen) atoms. The van der Waals surface area contributed by atoms with Crippen LogP contribution in [0.4, 0.5) is 21.5 Å². The van der Waals surface area contributed by atoms with E-state index in [9.17, 15) is 19.6 Å². The minimum absolute atomic E-state index is 0.115. The Kier molecular flexibility index (Phi) is 10.7. The zero-order valence-electron chi connectivity index (χ0n) is 30.8. The molecule has 3 amide bonds. The fourth-order valence-electron chi connectivity index (χ4n) is 8.85. The third kappa shape index (κ3) is 7.86. The Labute approximate surface area is 325 Å². The maximum absolute atomic E-state index is 15.1. The number of piperazine rings is 1. The van der Waals surface area contributed by atoms with Gasteiger partial charge in [0, 0.05) is 94.2 Å². The van der Waals surface area contributed by atoms with Gasteiger partial charge in [-0.3, -0.25) is 24.6 Å². The van der Waals surface area contributed by atoms with Crippen molar-refractivity contribution < 1.29 is 18.8 Å². The molecule has 0 saturated carbocycles. The van der Waals surface area contributed by atoms with Gasteiger partial charge in [-0.2, -0.15) is 5.26 Å². The van der Waals surface area contributed by atoms with E-state index < -0.39 is 23.7 Å². The summed E-state index contributed by atoms with van der Waals surface area (Å²) in [7, 11) is 0. The van der Waals surface area contributed by atoms with Gasteiger partial charge < -0.3 is 25.0 Å². The van der Waals surface area contributed by atoms with Crippen LogP contribution in [0.15, 0.2) is 60.8 Å². The van der Waals surface area contributed by atoms with Gasteiger partial charge in [-0.25, -0.2) is 4.39 Å². The average molecular weight is 765 g/mol. The highest BCUT2D eigenvalue weighted by Crippen LogP contribution is 2.38. The Morgan fingerprint density at radius 2 is 1.64 bits per heavy atom. The lowest BCUT2D eigenvalue weighted by molar-refractivity contribution is -0.134. The van der Waals surface area contributed by atoms with Crippen molar-refractivity contribution >= 4 is 57.3 Å². The first-order valence-corrected chi connectivity index (χ1v) is 19.8. The van der Waals surface area contributed by atoms with Crippen LogP contribution in [-0.2, 0) is 9.59 Å². The Bertz CT molecular complexity index is 2120. The molecule has 4 aromatic rings. The first-order valence-electron chi connectivity index (χ1n) is 19.4. The van der Waals surface area contributed by atoms with Crippen molar-refractivity contribution in [3.05, 3.63) is 88.3 Å². The number of hydrogen-bond acceptors (Lipinski definition) is 8. The fourth-order valence-corrected chi connectivity index (χ4v) is 9.11. The minimum atomic E-state index is -0.850. The van der Waals surface area contributed by atoms with Gasteiger partial charge in [0.2, 0.25) is 11.8 Å². The molecular weight excluding hydrogens is 719 g/mol. The topological polar surface area (TPSA) is 128 Å². The van der Waals surface area contributed by atoms with Crippen molar-refractivity contribution in [1.29, 1.82) is 5.26 Å². The van der Waals surface area contributed by atoms with E-state index in [1.54, 1.807) is 12.3 Å². The highest BCUT2D eigenvalue weighted by atomic mass is 35.5. The lowest BCUT2D eigenvalue weighted by Gasteiger charge is -2.40. The second-order valence-electron chi connectivity index (χ2n) is 15.4. The molecule has 4 saturated heterocycles. The third-order valence-corrected chi connectivity index (χ3v) is 12.3. The van der Waals surface area contributed by atoms with Crippen LogP contribution >= 0.6 is 11.6 Å². The number of nitriles is 1. The zero-order chi connectivity index (χ0) is 38.1. The molecule has 0 spiro atoms. The molecule has 286 valence electrons. The number of aromatic nitrogens is 1. The number of hydrogen-bond donors (Lipinski definition) is 3. The number of anilines is 3. The van der Waals surface area contributed by atoms with Gasteiger partial charge in [0.1, 0.15) is 17.9 Å². The van der Waals surface area contributed by atoms with E-state index >= 15 is 4.39 Å². The minimum Gasteiger partial charge on any atom is -0.372 e. The summed E-state index contributed by atoms with van der Waals surface area (Å²) in [5.41, 5.74) is 5.89. The molecule has 0 aliphatic carbocycles. The van der Waals surface area contributed by atoms with E-state index in [-0.39, 0.29) is 24.3 Å². The smallest absolute Gasteiger partial charge is 0.254 e. The first kappa shape index (κ1) is 36.8. The average Bonchev–Trinajstić information content (AvgIpc) is 3.65. The van der Waals surface area contributed by atoms with Crippen molar-refractivity contribution in [2.24, 2.45) is 5.92 Å². The fraction of sp³-hybridized carbons (Fsp3) is 0.429. The maximum atomic E-state index is 15.1. The molecule has 0 bridgehead atoms. The first-order chi connectivity index (χ1) is 26.7. The number of H-pyrrole nitrogens is 1. The molecule has 3 N–H and O–H groups in total. The van der Waals surface area contributed by atoms with E-state index in [2.05, 4.69) is 71.6 Å². The number of aromatic amines is 1. The van der Waals surface area contributed by atoms with E-state index in [4.69, 9.17) is 11.6 Å². The molecule has 5 heterocycles. The van der Waals surface area contributed by atoms with E-state index in [0.29, 0.717) is 22.4 Å². The predicted octanol–water partition coefficient (Wildman–Crippen LogP) is 5.79. The van der Waals surface area contributed by atoms with Gasteiger partial charge in [-0.15, -0.1) is 0 Å². The molecule has 4 aliphatic rings. The van der Waals surface area contributed by atoms with Crippen LogP contribution < -0.4 is 25.3 Å². The Hall–Kier alpha value is -5.12. The quantitative estimate of drug-likeness (QED) is 0.193. The zero-order valence-corrected chi connectivity index (χ0v) is 31.6. The van der Waals surface area contributed by atoms with Gasteiger partial charge in [-0.05, 0) is 86.1 Å². The van der Waals surface area contributed by atoms with Crippen LogP contribution in [0.3, 0.4) is 0 Å². The molecule has 8 rings (SSSR count). The van der Waals surface area contributed by atoms with E-state index in [1.165, 1.54) is 23.4 Å². The lowest BCUT2D eigenvalue weighted by atomic mass is 9.89.